The summed E-state index contributed by atoms with van der Waals surface area (Å²) < 4.78 is 15.6. The largest absolute Gasteiger partial charge is 0.454 e. The summed E-state index contributed by atoms with van der Waals surface area (Å²) in [6.45, 7) is 1.94. The molecular formula is C17H20N4O4. The fourth-order valence-electron chi connectivity index (χ4n) is 2.33. The van der Waals surface area contributed by atoms with Crippen LogP contribution in [0.15, 0.2) is 30.6 Å². The molecule has 1 amide bonds. The molecule has 2 aromatic rings. The van der Waals surface area contributed by atoms with E-state index in [1.54, 1.807) is 13.2 Å². The van der Waals surface area contributed by atoms with Crippen molar-refractivity contribution in [3.63, 3.8) is 0 Å². The molecule has 2 heterocycles. The minimum absolute atomic E-state index is 0.232. The van der Waals surface area contributed by atoms with Gasteiger partial charge in [-0.05, 0) is 24.1 Å². The van der Waals surface area contributed by atoms with Gasteiger partial charge in [0.2, 0.25) is 6.79 Å². The van der Waals surface area contributed by atoms with Crippen molar-refractivity contribution in [2.75, 3.05) is 32.4 Å². The average Bonchev–Trinajstić information content (AvgIpc) is 3.11. The highest BCUT2D eigenvalue weighted by atomic mass is 16.7. The first-order chi connectivity index (χ1) is 12.3. The number of nitrogens with zero attached hydrogens (tertiary/aromatic N) is 2. The van der Waals surface area contributed by atoms with Crippen molar-refractivity contribution < 1.29 is 19.0 Å². The summed E-state index contributed by atoms with van der Waals surface area (Å²) in [6.07, 6.45) is 2.12. The first-order valence-electron chi connectivity index (χ1n) is 7.98. The van der Waals surface area contributed by atoms with Crippen LogP contribution in [0.5, 0.6) is 11.5 Å². The van der Waals surface area contributed by atoms with Gasteiger partial charge < -0.3 is 24.8 Å². The third-order valence-corrected chi connectivity index (χ3v) is 3.62. The molecule has 3 rings (SSSR count). The lowest BCUT2D eigenvalue weighted by Gasteiger charge is -2.08. The van der Waals surface area contributed by atoms with E-state index in [0.29, 0.717) is 31.2 Å². The first kappa shape index (κ1) is 17.0. The molecular weight excluding hydrogens is 324 g/mol. The van der Waals surface area contributed by atoms with Crippen LogP contribution in [0.4, 0.5) is 5.82 Å². The minimum atomic E-state index is -0.232. The highest BCUT2D eigenvalue weighted by Crippen LogP contribution is 2.32. The zero-order chi connectivity index (χ0) is 17.5. The van der Waals surface area contributed by atoms with Gasteiger partial charge in [-0.3, -0.25) is 4.79 Å². The number of anilines is 1. The molecule has 0 unspecified atom stereocenters. The fourth-order valence-corrected chi connectivity index (χ4v) is 2.33. The molecule has 0 atom stereocenters. The van der Waals surface area contributed by atoms with E-state index in [0.717, 1.165) is 23.5 Å². The van der Waals surface area contributed by atoms with Gasteiger partial charge in [0.05, 0.1) is 0 Å². The maximum absolute atomic E-state index is 12.1. The van der Waals surface area contributed by atoms with Gasteiger partial charge in [-0.25, -0.2) is 9.97 Å². The van der Waals surface area contributed by atoms with Gasteiger partial charge >= 0.3 is 0 Å². The van der Waals surface area contributed by atoms with E-state index in [2.05, 4.69) is 20.6 Å². The zero-order valence-corrected chi connectivity index (χ0v) is 13.9. The van der Waals surface area contributed by atoms with E-state index in [4.69, 9.17) is 14.2 Å². The van der Waals surface area contributed by atoms with E-state index in [-0.39, 0.29) is 12.7 Å². The maximum atomic E-state index is 12.1. The van der Waals surface area contributed by atoms with Crippen LogP contribution in [0, 0.1) is 0 Å². The SMILES string of the molecule is COCCCNC(=O)c1cc(NCc2ccc3c(c2)OCO3)ncn1. The summed E-state index contributed by atoms with van der Waals surface area (Å²) in [5.41, 5.74) is 1.34. The van der Waals surface area contributed by atoms with Crippen molar-refractivity contribution in [3.05, 3.63) is 41.9 Å². The second kappa shape index (κ2) is 8.29. The van der Waals surface area contributed by atoms with Crippen LogP contribution in [0.1, 0.15) is 22.5 Å². The van der Waals surface area contributed by atoms with Gasteiger partial charge in [0, 0.05) is 32.9 Å². The van der Waals surface area contributed by atoms with Gasteiger partial charge in [-0.15, -0.1) is 0 Å². The molecule has 0 bridgehead atoms. The Bertz CT molecular complexity index is 738. The Morgan fingerprint density at radius 3 is 3.00 bits per heavy atom. The lowest BCUT2D eigenvalue weighted by atomic mass is 10.2. The van der Waals surface area contributed by atoms with Crippen LogP contribution in [0.25, 0.3) is 0 Å². The van der Waals surface area contributed by atoms with Gasteiger partial charge in [-0.1, -0.05) is 6.07 Å². The number of rotatable bonds is 8. The second-order valence-corrected chi connectivity index (χ2v) is 5.43. The molecule has 25 heavy (non-hydrogen) atoms. The van der Waals surface area contributed by atoms with Crippen molar-refractivity contribution in [2.45, 2.75) is 13.0 Å². The molecule has 2 N–H and O–H groups in total. The van der Waals surface area contributed by atoms with Crippen LogP contribution in [-0.4, -0.2) is 42.9 Å². The molecule has 0 fully saturated rings. The quantitative estimate of drug-likeness (QED) is 0.702. The van der Waals surface area contributed by atoms with Gasteiger partial charge in [0.15, 0.2) is 11.5 Å². The third-order valence-electron chi connectivity index (χ3n) is 3.62. The average molecular weight is 344 g/mol. The number of carbonyl (C=O) groups excluding carboxylic acids is 1. The lowest BCUT2D eigenvalue weighted by Crippen LogP contribution is -2.26. The Morgan fingerprint density at radius 1 is 1.24 bits per heavy atom. The Balaban J connectivity index is 1.55. The van der Waals surface area contributed by atoms with Crippen molar-refractivity contribution in [2.24, 2.45) is 0 Å². The number of aromatic nitrogens is 2. The predicted octanol–water partition coefficient (Wildman–Crippen LogP) is 1.58. The van der Waals surface area contributed by atoms with E-state index < -0.39 is 0 Å². The number of carbonyl (C=O) groups is 1. The van der Waals surface area contributed by atoms with Gasteiger partial charge in [0.25, 0.3) is 5.91 Å². The molecule has 0 spiro atoms. The Labute approximate surface area is 145 Å². The van der Waals surface area contributed by atoms with Crippen molar-refractivity contribution in [1.29, 1.82) is 0 Å². The molecule has 1 aliphatic heterocycles. The van der Waals surface area contributed by atoms with Crippen molar-refractivity contribution in [1.82, 2.24) is 15.3 Å². The van der Waals surface area contributed by atoms with E-state index >= 15 is 0 Å². The van der Waals surface area contributed by atoms with E-state index in [1.165, 1.54) is 6.33 Å². The Kier molecular flexibility index (Phi) is 5.63. The third kappa shape index (κ3) is 4.57. The van der Waals surface area contributed by atoms with Crippen LogP contribution in [0.3, 0.4) is 0 Å². The van der Waals surface area contributed by atoms with E-state index in [9.17, 15) is 4.79 Å². The highest BCUT2D eigenvalue weighted by Gasteiger charge is 2.13. The number of benzene rings is 1. The number of nitrogens with one attached hydrogen (secondary N) is 2. The summed E-state index contributed by atoms with van der Waals surface area (Å²) in [4.78, 5) is 20.2. The number of fused-ring (bicyclic) bond motifs is 1. The number of hydrogen-bond donors (Lipinski definition) is 2. The summed E-state index contributed by atoms with van der Waals surface area (Å²) >= 11 is 0. The molecule has 0 saturated carbocycles. The number of ether oxygens (including phenoxy) is 3. The Morgan fingerprint density at radius 2 is 2.12 bits per heavy atom. The molecule has 8 heteroatoms. The predicted molar refractivity (Wildman–Crippen MR) is 90.7 cm³/mol. The molecule has 8 nitrogen and oxygen atoms in total. The number of hydrogen-bond acceptors (Lipinski definition) is 7. The highest BCUT2D eigenvalue weighted by molar-refractivity contribution is 5.92. The fraction of sp³-hybridized carbons (Fsp3) is 0.353. The Hall–Kier alpha value is -2.87. The smallest absolute Gasteiger partial charge is 0.270 e. The normalized spacial score (nSPS) is 12.0. The standard InChI is InChI=1S/C17H20N4O4/c1-23-6-2-5-18-17(22)13-8-16(21-10-20-13)19-9-12-3-4-14-15(7-12)25-11-24-14/h3-4,7-8,10H,2,5-6,9,11H2,1H3,(H,18,22)(H,19,20,21). The monoisotopic (exact) mass is 344 g/mol. The molecule has 1 aromatic carbocycles. The summed E-state index contributed by atoms with van der Waals surface area (Å²) in [5, 5.41) is 5.97. The van der Waals surface area contributed by atoms with Gasteiger partial charge in [0.1, 0.15) is 17.8 Å². The molecule has 0 radical (unpaired) electrons. The van der Waals surface area contributed by atoms with Crippen molar-refractivity contribution in [3.8, 4) is 11.5 Å². The van der Waals surface area contributed by atoms with Crippen molar-refractivity contribution >= 4 is 11.7 Å². The lowest BCUT2D eigenvalue weighted by molar-refractivity contribution is 0.0943. The molecule has 132 valence electrons. The molecule has 0 saturated heterocycles. The van der Waals surface area contributed by atoms with E-state index in [1.807, 2.05) is 18.2 Å². The topological polar surface area (TPSA) is 94.6 Å². The molecule has 0 aliphatic carbocycles. The van der Waals surface area contributed by atoms with Crippen LogP contribution in [-0.2, 0) is 11.3 Å². The number of methoxy groups -OCH3 is 1. The summed E-state index contributed by atoms with van der Waals surface area (Å²) in [7, 11) is 1.63. The zero-order valence-electron chi connectivity index (χ0n) is 13.9. The van der Waals surface area contributed by atoms with Crippen LogP contribution < -0.4 is 20.1 Å². The molecule has 1 aliphatic rings. The minimum Gasteiger partial charge on any atom is -0.454 e. The molecule has 1 aromatic heterocycles. The second-order valence-electron chi connectivity index (χ2n) is 5.43. The van der Waals surface area contributed by atoms with Gasteiger partial charge in [-0.2, -0.15) is 0 Å². The van der Waals surface area contributed by atoms with Crippen LogP contribution in [0.2, 0.25) is 0 Å². The number of amides is 1. The summed E-state index contributed by atoms with van der Waals surface area (Å²) in [6, 6.07) is 7.36. The van der Waals surface area contributed by atoms with Crippen LogP contribution >= 0.6 is 0 Å². The summed E-state index contributed by atoms with van der Waals surface area (Å²) in [5.74, 6) is 1.83. The maximum Gasteiger partial charge on any atom is 0.270 e. The first-order valence-corrected chi connectivity index (χ1v) is 7.98.